The lowest BCUT2D eigenvalue weighted by molar-refractivity contribution is -0.221. The maximum atomic E-state index is 12.2. The first-order chi connectivity index (χ1) is 56.7. The van der Waals surface area contributed by atoms with E-state index < -0.39 is 158 Å². The Morgan fingerprint density at radius 1 is 0.438 bits per heavy atom. The summed E-state index contributed by atoms with van der Waals surface area (Å²) in [5.41, 5.74) is 0.297. The summed E-state index contributed by atoms with van der Waals surface area (Å²) in [6, 6.07) is 0. The average molecular weight is 1740 g/mol. The van der Waals surface area contributed by atoms with Crippen molar-refractivity contribution in [2.24, 2.45) is 88.8 Å². The highest BCUT2D eigenvalue weighted by Gasteiger charge is 2.68. The number of hydrogen-bond acceptors (Lipinski definition) is 31. The van der Waals surface area contributed by atoms with Crippen LogP contribution in [0.5, 0.6) is 0 Å². The molecule has 3 heterocycles. The smallest absolute Gasteiger partial charge is 0.347 e. The van der Waals surface area contributed by atoms with E-state index in [1.807, 2.05) is 6.92 Å². The number of carbonyl (C=O) groups excluding carboxylic acids is 12. The van der Waals surface area contributed by atoms with Crippen LogP contribution in [-0.4, -0.2) is 197 Å². The summed E-state index contributed by atoms with van der Waals surface area (Å²) < 4.78 is 119. The summed E-state index contributed by atoms with van der Waals surface area (Å²) in [4.78, 5) is 138. The van der Waals surface area contributed by atoms with Crippen LogP contribution >= 0.6 is 0 Å². The molecule has 33 heteroatoms. The first-order valence-corrected chi connectivity index (χ1v) is 45.4. The predicted molar refractivity (Wildman–Crippen MR) is 426 cm³/mol. The maximum Gasteiger partial charge on any atom is 0.347 e. The molecule has 0 spiro atoms. The van der Waals surface area contributed by atoms with Crippen molar-refractivity contribution in [2.75, 3.05) is 39.6 Å². The van der Waals surface area contributed by atoms with Gasteiger partial charge in [0, 0.05) is 70.0 Å². The highest BCUT2D eigenvalue weighted by atomic mass is 32.2. The molecular formula is C88H120O31S2. The van der Waals surface area contributed by atoms with Crippen molar-refractivity contribution >= 4 is 91.9 Å². The number of carbonyl (C=O) groups is 12. The number of fused-ring (bicyclic) bond motifs is 2. The molecule has 19 fully saturated rings. The third-order valence-electron chi connectivity index (χ3n) is 27.7. The van der Waals surface area contributed by atoms with Crippen molar-refractivity contribution in [3.8, 4) is 0 Å². The molecule has 0 amide bonds. The van der Waals surface area contributed by atoms with Crippen molar-refractivity contribution in [3.63, 3.8) is 0 Å². The first kappa shape index (κ1) is 93.6. The van der Waals surface area contributed by atoms with E-state index in [0.717, 1.165) is 75.0 Å². The average Bonchev–Trinajstić information content (AvgIpc) is 1.45. The van der Waals surface area contributed by atoms with Crippen LogP contribution in [-0.2, 0) is 143 Å². The van der Waals surface area contributed by atoms with E-state index in [9.17, 15) is 79.5 Å². The van der Waals surface area contributed by atoms with E-state index in [4.69, 9.17) is 55.7 Å². The van der Waals surface area contributed by atoms with Gasteiger partial charge in [0.15, 0.2) is 19.8 Å². The van der Waals surface area contributed by atoms with E-state index >= 15 is 0 Å². The van der Waals surface area contributed by atoms with Gasteiger partial charge in [0.2, 0.25) is 6.10 Å². The zero-order valence-corrected chi connectivity index (χ0v) is 72.6. The van der Waals surface area contributed by atoms with Crippen LogP contribution in [0.2, 0.25) is 0 Å². The standard InChI is InChI=1S/C19H26O6.C17H22O9S.C17H26O2.C14H20O3.C13H16O7S.C8H10O4/c1-11(2)18(22)24-9-16(20)23-10-17(21)25-19(3)14-5-12-4-13(7-14)8-15(19)6-12;1-9(2)17(20)24-6-5-23-13(18)3-4-14(19)25-15-10-7-11-12(8-10)27(21,22)26-16(11)15;1-10(2)16(18)19-17(11(3)4)14-6-12-5-13(8-14)9-15(17)7-12;1-9(2)12(15)17-14-6-10-3-11(7-14)5-13(16,4-10)8-14;1-6(2)13(15)18-5-10(14)19-11-7-3-8-9(4-7)21(16,17)20-12(8)11;1-5(2)7(9)12-6-3-4-11-8(6)10/h12-15H,1,4-10H2,2-3H3;10-12,15-16H,1,3-8H2,2H3;11-15H,1,5-9H2,2-4H3;10-11,16H,1,3-8H2,2H3;7-9,11-12H,1,3-5H2,2H3;6H,1,3-4H2,2H3. The minimum atomic E-state index is -3.56. The Morgan fingerprint density at radius 2 is 0.843 bits per heavy atom. The van der Waals surface area contributed by atoms with E-state index in [-0.39, 0.29) is 89.6 Å². The van der Waals surface area contributed by atoms with Crippen molar-refractivity contribution in [1.29, 1.82) is 0 Å². The van der Waals surface area contributed by atoms with Crippen molar-refractivity contribution in [2.45, 2.75) is 273 Å². The second kappa shape index (κ2) is 37.7. The number of ether oxygens (including phenoxy) is 12. The highest BCUT2D eigenvalue weighted by Crippen LogP contribution is 2.64. The quantitative estimate of drug-likeness (QED) is 0.0292. The number of esters is 12. The Bertz CT molecular complexity index is 4290. The van der Waals surface area contributed by atoms with Crippen molar-refractivity contribution < 1.29 is 145 Å². The number of aliphatic hydroxyl groups is 1. The van der Waals surface area contributed by atoms with E-state index in [0.29, 0.717) is 97.7 Å². The van der Waals surface area contributed by atoms with Crippen LogP contribution < -0.4 is 0 Å². The van der Waals surface area contributed by atoms with Crippen LogP contribution in [0.1, 0.15) is 210 Å². The third-order valence-corrected chi connectivity index (χ3v) is 31.2. The molecule has 3 aliphatic heterocycles. The molecule has 19 rings (SSSR count). The van der Waals surface area contributed by atoms with Gasteiger partial charge < -0.3 is 61.9 Å². The van der Waals surface area contributed by atoms with Gasteiger partial charge in [0.25, 0.3) is 20.2 Å². The fraction of sp³-hybridized carbons (Fsp3) is 0.727. The molecule has 121 heavy (non-hydrogen) atoms. The van der Waals surface area contributed by atoms with E-state index in [1.165, 1.54) is 72.6 Å². The molecule has 0 aromatic carbocycles. The number of rotatable bonds is 25. The zero-order chi connectivity index (χ0) is 88.5. The Morgan fingerprint density at radius 3 is 1.28 bits per heavy atom. The van der Waals surface area contributed by atoms with Crippen LogP contribution in [0.3, 0.4) is 0 Å². The van der Waals surface area contributed by atoms with Crippen LogP contribution in [0.25, 0.3) is 0 Å². The molecule has 13 unspecified atom stereocenters. The molecule has 0 aromatic heterocycles. The molecule has 16 bridgehead atoms. The summed E-state index contributed by atoms with van der Waals surface area (Å²) in [5.74, 6) is 0.0600. The Balaban J connectivity index is 0.000000144. The first-order valence-electron chi connectivity index (χ1n) is 42.5. The monoisotopic (exact) mass is 1740 g/mol. The second-order valence-corrected chi connectivity index (χ2v) is 41.1. The molecule has 16 aliphatic carbocycles. The van der Waals surface area contributed by atoms with E-state index in [2.05, 4.69) is 62.8 Å². The number of hydrogen-bond donors (Lipinski definition) is 1. The summed E-state index contributed by atoms with van der Waals surface area (Å²) in [6.07, 6.45) is 17.2. The molecule has 0 radical (unpaired) electrons. The molecule has 19 aliphatic rings. The lowest BCUT2D eigenvalue weighted by atomic mass is 9.47. The fourth-order valence-corrected chi connectivity index (χ4v) is 26.9. The minimum absolute atomic E-state index is 0.00284. The molecule has 31 nitrogen and oxygen atoms in total. The summed E-state index contributed by atoms with van der Waals surface area (Å²) in [5, 5.41) is 9.58. The SMILES string of the molecule is C=C(C)C(=O)OC1(C(C)C)C2CC3CC(C2)CC1C3.C=C(C)C(=O)OC12CC3CC(CC(O)(C3)C1)C2.C=C(C)C(=O)OC1CCOC1=O.C=C(C)C(=O)OCC(=O)OC1C2CC3C1OS(=O)(=O)C3C2.C=C(C)C(=O)OCC(=O)OCC(=O)OC1(C)C2CC3CC(C2)CC1C3.C=C(C)C(=O)OCCOC(=O)CCC(=O)OC1C2CC3C1OS(=O)(=O)C3C2. The second-order valence-electron chi connectivity index (χ2n) is 37.5. The Kier molecular flexibility index (Phi) is 29.2. The van der Waals surface area contributed by atoms with E-state index in [1.54, 1.807) is 13.8 Å². The van der Waals surface area contributed by atoms with Gasteiger partial charge >= 0.3 is 71.6 Å². The van der Waals surface area contributed by atoms with Gasteiger partial charge in [0.05, 0.1) is 35.5 Å². The summed E-state index contributed by atoms with van der Waals surface area (Å²) in [6.45, 7) is 35.6. The Hall–Kier alpha value is -8.14. The van der Waals surface area contributed by atoms with Gasteiger partial charge in [-0.2, -0.15) is 16.8 Å². The van der Waals surface area contributed by atoms with Crippen molar-refractivity contribution in [1.82, 2.24) is 0 Å². The highest BCUT2D eigenvalue weighted by molar-refractivity contribution is 7.88. The Labute approximate surface area is 707 Å². The van der Waals surface area contributed by atoms with Crippen LogP contribution in [0, 0.1) is 88.8 Å². The maximum absolute atomic E-state index is 12.2. The molecule has 1 N–H and O–H groups in total. The van der Waals surface area contributed by atoms with Gasteiger partial charge in [-0.05, 0) is 236 Å². The predicted octanol–water partition coefficient (Wildman–Crippen LogP) is 9.61. The number of cyclic esters (lactones) is 1. The molecule has 13 atom stereocenters. The third kappa shape index (κ3) is 21.6. The topological polar surface area (TPSA) is 423 Å². The molecular weight excluding hydrogens is 1620 g/mol. The lowest BCUT2D eigenvalue weighted by Gasteiger charge is -2.61. The molecule has 0 aromatic rings. The van der Waals surface area contributed by atoms with Crippen LogP contribution in [0.15, 0.2) is 72.9 Å². The fourth-order valence-electron chi connectivity index (χ4n) is 23.2. The summed E-state index contributed by atoms with van der Waals surface area (Å²) in [7, 11) is -7.08. The van der Waals surface area contributed by atoms with Gasteiger partial charge in [-0.3, -0.25) is 18.0 Å². The molecule has 16 saturated carbocycles. The normalized spacial score (nSPS) is 36.7. The minimum Gasteiger partial charge on any atom is -0.463 e. The summed E-state index contributed by atoms with van der Waals surface area (Å²) >= 11 is 0. The van der Waals surface area contributed by atoms with Gasteiger partial charge in [-0.15, -0.1) is 0 Å². The van der Waals surface area contributed by atoms with Crippen molar-refractivity contribution in [3.05, 3.63) is 72.9 Å². The lowest BCUT2D eigenvalue weighted by Crippen LogP contribution is -2.62. The molecule has 3 saturated heterocycles. The van der Waals surface area contributed by atoms with Gasteiger partial charge in [-0.25, -0.2) is 47.9 Å². The van der Waals surface area contributed by atoms with Crippen LogP contribution in [0.4, 0.5) is 0 Å². The zero-order valence-electron chi connectivity index (χ0n) is 71.0. The largest absolute Gasteiger partial charge is 0.463 e. The van der Waals surface area contributed by atoms with Gasteiger partial charge in [-0.1, -0.05) is 53.3 Å². The van der Waals surface area contributed by atoms with Gasteiger partial charge in [0.1, 0.15) is 54.4 Å². The molecule has 670 valence electrons.